The zero-order chi connectivity index (χ0) is 14.5. The van der Waals surface area contributed by atoms with E-state index in [1.54, 1.807) is 35.5 Å². The number of amides is 1. The van der Waals surface area contributed by atoms with Crippen molar-refractivity contribution in [1.29, 1.82) is 0 Å². The fourth-order valence-electron chi connectivity index (χ4n) is 2.09. The number of phenolic OH excluding ortho intramolecular Hbond substituents is 1. The van der Waals surface area contributed by atoms with Crippen molar-refractivity contribution < 1.29 is 9.90 Å². The lowest BCUT2D eigenvalue weighted by Gasteiger charge is -2.22. The van der Waals surface area contributed by atoms with Crippen LogP contribution in [-0.2, 0) is 6.54 Å². The molecule has 0 saturated heterocycles. The Bertz CT molecular complexity index is 597. The van der Waals surface area contributed by atoms with E-state index >= 15 is 0 Å². The number of carbonyl (C=O) groups is 1. The smallest absolute Gasteiger partial charge is 0.254 e. The average Bonchev–Trinajstić information content (AvgIpc) is 2.45. The van der Waals surface area contributed by atoms with Crippen LogP contribution in [0.5, 0.6) is 5.75 Å². The molecule has 104 valence electrons. The summed E-state index contributed by atoms with van der Waals surface area (Å²) >= 11 is 0. The molecule has 2 aromatic rings. The second-order valence-electron chi connectivity index (χ2n) is 4.67. The van der Waals surface area contributed by atoms with Gasteiger partial charge in [0, 0.05) is 31.0 Å². The van der Waals surface area contributed by atoms with Gasteiger partial charge in [0.25, 0.3) is 5.91 Å². The van der Waals surface area contributed by atoms with E-state index < -0.39 is 0 Å². The van der Waals surface area contributed by atoms with Crippen molar-refractivity contribution in [3.05, 3.63) is 59.4 Å². The van der Waals surface area contributed by atoms with Crippen LogP contribution in [0.2, 0.25) is 0 Å². The fraction of sp³-hybridized carbons (Fsp3) is 0.250. The van der Waals surface area contributed by atoms with Crippen molar-refractivity contribution in [2.24, 2.45) is 0 Å². The third-order valence-corrected chi connectivity index (χ3v) is 3.23. The Morgan fingerprint density at radius 3 is 2.55 bits per heavy atom. The lowest BCUT2D eigenvalue weighted by Crippen LogP contribution is -2.30. The lowest BCUT2D eigenvalue weighted by molar-refractivity contribution is 0.0752. The normalized spacial score (nSPS) is 10.3. The summed E-state index contributed by atoms with van der Waals surface area (Å²) in [6.07, 6.45) is 3.44. The minimum atomic E-state index is -0.0261. The summed E-state index contributed by atoms with van der Waals surface area (Å²) in [7, 11) is 0. The highest BCUT2D eigenvalue weighted by Gasteiger charge is 2.16. The number of benzene rings is 1. The average molecular weight is 270 g/mol. The fourth-order valence-corrected chi connectivity index (χ4v) is 2.09. The number of aromatic nitrogens is 1. The van der Waals surface area contributed by atoms with Crippen LogP contribution >= 0.6 is 0 Å². The Hall–Kier alpha value is -2.36. The van der Waals surface area contributed by atoms with Gasteiger partial charge in [0.05, 0.1) is 0 Å². The van der Waals surface area contributed by atoms with Crippen LogP contribution in [0.3, 0.4) is 0 Å². The molecular weight excluding hydrogens is 252 g/mol. The van der Waals surface area contributed by atoms with Crippen LogP contribution in [0.15, 0.2) is 42.7 Å². The molecule has 4 heteroatoms. The summed E-state index contributed by atoms with van der Waals surface area (Å²) in [6.45, 7) is 4.96. The van der Waals surface area contributed by atoms with Gasteiger partial charge in [-0.05, 0) is 55.3 Å². The van der Waals surface area contributed by atoms with E-state index in [1.165, 1.54) is 0 Å². The molecule has 0 atom stereocenters. The minimum absolute atomic E-state index is 0.0261. The van der Waals surface area contributed by atoms with Crippen LogP contribution in [0.1, 0.15) is 28.4 Å². The number of hydrogen-bond acceptors (Lipinski definition) is 3. The highest BCUT2D eigenvalue weighted by Crippen LogP contribution is 2.18. The molecule has 1 amide bonds. The third kappa shape index (κ3) is 3.15. The monoisotopic (exact) mass is 270 g/mol. The standard InChI is InChI=1S/C16H18N2O2/c1-3-18(11-13-6-8-17-9-7-13)16(20)15-5-4-14(19)10-12(15)2/h4-10,19H,3,11H2,1-2H3. The van der Waals surface area contributed by atoms with Gasteiger partial charge in [-0.25, -0.2) is 0 Å². The van der Waals surface area contributed by atoms with Crippen LogP contribution in [0.4, 0.5) is 0 Å². The Labute approximate surface area is 118 Å². The Balaban J connectivity index is 2.21. The summed E-state index contributed by atoms with van der Waals surface area (Å²) in [5.74, 6) is 0.151. The molecule has 1 N–H and O–H groups in total. The first-order valence-electron chi connectivity index (χ1n) is 6.59. The number of carbonyl (C=O) groups excluding carboxylic acids is 1. The molecule has 2 rings (SSSR count). The van der Waals surface area contributed by atoms with Crippen molar-refractivity contribution in [3.8, 4) is 5.75 Å². The summed E-state index contributed by atoms with van der Waals surface area (Å²) in [4.78, 5) is 18.3. The largest absolute Gasteiger partial charge is 0.508 e. The summed E-state index contributed by atoms with van der Waals surface area (Å²) in [5.41, 5.74) is 2.45. The van der Waals surface area contributed by atoms with E-state index in [2.05, 4.69) is 4.98 Å². The van der Waals surface area contributed by atoms with Gasteiger partial charge in [-0.15, -0.1) is 0 Å². The first-order valence-corrected chi connectivity index (χ1v) is 6.59. The number of aryl methyl sites for hydroxylation is 1. The van der Waals surface area contributed by atoms with Gasteiger partial charge in [0.15, 0.2) is 0 Å². The zero-order valence-corrected chi connectivity index (χ0v) is 11.7. The van der Waals surface area contributed by atoms with Gasteiger partial charge in [0.2, 0.25) is 0 Å². The molecule has 0 aliphatic carbocycles. The molecule has 0 saturated carbocycles. The maximum absolute atomic E-state index is 12.5. The maximum atomic E-state index is 12.5. The van der Waals surface area contributed by atoms with Crippen LogP contribution in [0, 0.1) is 6.92 Å². The highest BCUT2D eigenvalue weighted by molar-refractivity contribution is 5.95. The molecule has 0 radical (unpaired) electrons. The Kier molecular flexibility index (Phi) is 4.35. The molecule has 1 aromatic carbocycles. The van der Waals surface area contributed by atoms with Gasteiger partial charge in [-0.3, -0.25) is 9.78 Å². The summed E-state index contributed by atoms with van der Waals surface area (Å²) < 4.78 is 0. The summed E-state index contributed by atoms with van der Waals surface area (Å²) in [5, 5.41) is 9.42. The van der Waals surface area contributed by atoms with Crippen LogP contribution in [0.25, 0.3) is 0 Å². The van der Waals surface area contributed by atoms with Crippen molar-refractivity contribution in [1.82, 2.24) is 9.88 Å². The van der Waals surface area contributed by atoms with Crippen LogP contribution < -0.4 is 0 Å². The quantitative estimate of drug-likeness (QED) is 0.929. The number of pyridine rings is 1. The van der Waals surface area contributed by atoms with Crippen LogP contribution in [-0.4, -0.2) is 27.4 Å². The maximum Gasteiger partial charge on any atom is 0.254 e. The predicted octanol–water partition coefficient (Wildman–Crippen LogP) is 2.76. The van der Waals surface area contributed by atoms with E-state index in [0.29, 0.717) is 18.7 Å². The van der Waals surface area contributed by atoms with Gasteiger partial charge >= 0.3 is 0 Å². The van der Waals surface area contributed by atoms with Crippen molar-refractivity contribution >= 4 is 5.91 Å². The zero-order valence-electron chi connectivity index (χ0n) is 11.7. The van der Waals surface area contributed by atoms with Gasteiger partial charge in [0.1, 0.15) is 5.75 Å². The molecule has 4 nitrogen and oxygen atoms in total. The highest BCUT2D eigenvalue weighted by atomic mass is 16.3. The third-order valence-electron chi connectivity index (χ3n) is 3.23. The van der Waals surface area contributed by atoms with E-state index in [-0.39, 0.29) is 11.7 Å². The molecule has 0 unspecified atom stereocenters. The number of hydrogen-bond donors (Lipinski definition) is 1. The second kappa shape index (κ2) is 6.19. The SMILES string of the molecule is CCN(Cc1ccncc1)C(=O)c1ccc(O)cc1C. The van der Waals surface area contributed by atoms with Crippen molar-refractivity contribution in [3.63, 3.8) is 0 Å². The van der Waals surface area contributed by atoms with Gasteiger partial charge in [-0.2, -0.15) is 0 Å². The molecule has 1 heterocycles. The Morgan fingerprint density at radius 2 is 1.95 bits per heavy atom. The molecule has 20 heavy (non-hydrogen) atoms. The lowest BCUT2D eigenvalue weighted by atomic mass is 10.1. The number of aromatic hydroxyl groups is 1. The second-order valence-corrected chi connectivity index (χ2v) is 4.67. The molecule has 0 aliphatic heterocycles. The van der Waals surface area contributed by atoms with E-state index in [9.17, 15) is 9.90 Å². The molecule has 0 bridgehead atoms. The molecule has 0 aliphatic rings. The molecule has 0 spiro atoms. The summed E-state index contributed by atoms with van der Waals surface area (Å²) in [6, 6.07) is 8.62. The number of rotatable bonds is 4. The molecule has 0 fully saturated rings. The molecular formula is C16H18N2O2. The first kappa shape index (κ1) is 14.1. The Morgan fingerprint density at radius 1 is 1.25 bits per heavy atom. The van der Waals surface area contributed by atoms with Gasteiger partial charge < -0.3 is 10.0 Å². The van der Waals surface area contributed by atoms with Crippen molar-refractivity contribution in [2.75, 3.05) is 6.54 Å². The van der Waals surface area contributed by atoms with E-state index in [0.717, 1.165) is 11.1 Å². The minimum Gasteiger partial charge on any atom is -0.508 e. The first-order chi connectivity index (χ1) is 9.61. The van der Waals surface area contributed by atoms with E-state index in [4.69, 9.17) is 0 Å². The topological polar surface area (TPSA) is 53.4 Å². The predicted molar refractivity (Wildman–Crippen MR) is 77.5 cm³/mol. The van der Waals surface area contributed by atoms with Gasteiger partial charge in [-0.1, -0.05) is 0 Å². The number of phenols is 1. The van der Waals surface area contributed by atoms with E-state index in [1.807, 2.05) is 26.0 Å². The number of nitrogens with zero attached hydrogens (tertiary/aromatic N) is 2. The van der Waals surface area contributed by atoms with Crippen molar-refractivity contribution in [2.45, 2.75) is 20.4 Å². The molecule has 1 aromatic heterocycles.